The average molecular weight is 113 g/mol. The van der Waals surface area contributed by atoms with E-state index in [1.807, 2.05) is 0 Å². The van der Waals surface area contributed by atoms with Crippen molar-refractivity contribution in [3.63, 3.8) is 0 Å². The van der Waals surface area contributed by atoms with Crippen molar-refractivity contribution in [2.75, 3.05) is 6.54 Å². The van der Waals surface area contributed by atoms with Crippen LogP contribution in [-0.4, -0.2) is 17.8 Å². The van der Waals surface area contributed by atoms with Crippen molar-refractivity contribution >= 4 is 0 Å². The molecule has 0 aromatic rings. The van der Waals surface area contributed by atoms with Gasteiger partial charge in [-0.3, -0.25) is 0 Å². The van der Waals surface area contributed by atoms with Gasteiger partial charge in [-0.2, -0.15) is 4.91 Å². The smallest absolute Gasteiger partial charge is 0.116 e. The van der Waals surface area contributed by atoms with Crippen LogP contribution in [0.3, 0.4) is 0 Å². The number of terminal acetylenes is 1. The Kier molecular flexibility index (Phi) is 3.81. The molecule has 0 rings (SSSR count). The maximum absolute atomic E-state index is 9.40. The fraction of sp³-hybridized carbons (Fsp3) is 0.600. The van der Waals surface area contributed by atoms with Crippen molar-refractivity contribution in [3.8, 4) is 12.3 Å². The second kappa shape index (κ2) is 4.28. The number of nitrogens with zero attached hydrogens (tertiary/aromatic N) is 1. The number of nitroso groups, excluding NO2 is 1. The van der Waals surface area contributed by atoms with Crippen molar-refractivity contribution in [1.29, 1.82) is 0 Å². The minimum Gasteiger partial charge on any atom is -0.380 e. The van der Waals surface area contributed by atoms with Crippen LogP contribution in [0.25, 0.3) is 0 Å². The zero-order valence-electron chi connectivity index (χ0n) is 4.37. The lowest BCUT2D eigenvalue weighted by molar-refractivity contribution is 0.225. The molecule has 1 atom stereocenters. The summed E-state index contributed by atoms with van der Waals surface area (Å²) in [6, 6.07) is 0. The Labute approximate surface area is 47.7 Å². The van der Waals surface area contributed by atoms with E-state index in [1.165, 1.54) is 0 Å². The summed E-state index contributed by atoms with van der Waals surface area (Å²) in [7, 11) is 0. The summed E-state index contributed by atoms with van der Waals surface area (Å²) in [4.78, 5) is 9.40. The van der Waals surface area contributed by atoms with Gasteiger partial charge < -0.3 is 5.11 Å². The van der Waals surface area contributed by atoms with Crippen molar-refractivity contribution < 1.29 is 5.11 Å². The van der Waals surface area contributed by atoms with E-state index in [1.54, 1.807) is 0 Å². The summed E-state index contributed by atoms with van der Waals surface area (Å²) < 4.78 is 0. The zero-order valence-corrected chi connectivity index (χ0v) is 4.37. The van der Waals surface area contributed by atoms with Crippen LogP contribution in [0, 0.1) is 17.3 Å². The van der Waals surface area contributed by atoms with E-state index in [9.17, 15) is 4.91 Å². The van der Waals surface area contributed by atoms with Crippen LogP contribution in [0.5, 0.6) is 0 Å². The van der Waals surface area contributed by atoms with E-state index >= 15 is 0 Å². The fourth-order valence-electron chi connectivity index (χ4n) is 0.258. The van der Waals surface area contributed by atoms with E-state index < -0.39 is 6.10 Å². The molecular weight excluding hydrogens is 106 g/mol. The van der Waals surface area contributed by atoms with Crippen LogP contribution in [-0.2, 0) is 0 Å². The Morgan fingerprint density at radius 3 is 2.88 bits per heavy atom. The lowest BCUT2D eigenvalue weighted by Crippen LogP contribution is -2.03. The molecule has 0 aromatic carbocycles. The molecule has 8 heavy (non-hydrogen) atoms. The molecule has 1 unspecified atom stereocenters. The molecule has 3 nitrogen and oxygen atoms in total. The third-order valence-electron chi connectivity index (χ3n) is 0.686. The van der Waals surface area contributed by atoms with Gasteiger partial charge >= 0.3 is 0 Å². The molecule has 0 radical (unpaired) electrons. The average Bonchev–Trinajstić information content (AvgIpc) is 1.83. The van der Waals surface area contributed by atoms with E-state index in [0.717, 1.165) is 0 Å². The van der Waals surface area contributed by atoms with Crippen LogP contribution >= 0.6 is 0 Å². The lowest BCUT2D eigenvalue weighted by Gasteiger charge is -1.94. The van der Waals surface area contributed by atoms with Gasteiger partial charge in [0.2, 0.25) is 0 Å². The first-order valence-corrected chi connectivity index (χ1v) is 2.24. The molecule has 0 spiro atoms. The van der Waals surface area contributed by atoms with E-state index in [4.69, 9.17) is 11.5 Å². The van der Waals surface area contributed by atoms with Gasteiger partial charge in [-0.25, -0.2) is 0 Å². The van der Waals surface area contributed by atoms with Gasteiger partial charge in [0, 0.05) is 6.42 Å². The maximum atomic E-state index is 9.40. The molecule has 0 aliphatic carbocycles. The molecule has 0 heterocycles. The first-order valence-electron chi connectivity index (χ1n) is 2.24. The highest BCUT2D eigenvalue weighted by molar-refractivity contribution is 4.93. The molecule has 0 fully saturated rings. The van der Waals surface area contributed by atoms with Crippen LogP contribution in [0.15, 0.2) is 5.18 Å². The Morgan fingerprint density at radius 1 is 1.88 bits per heavy atom. The molecule has 0 amide bonds. The second-order valence-corrected chi connectivity index (χ2v) is 1.32. The Hall–Kier alpha value is -0.880. The molecule has 0 aliphatic heterocycles. The minimum absolute atomic E-state index is 0.0887. The Balaban J connectivity index is 3.14. The van der Waals surface area contributed by atoms with E-state index in [2.05, 4.69) is 11.1 Å². The second-order valence-electron chi connectivity index (χ2n) is 1.32. The van der Waals surface area contributed by atoms with Crippen LogP contribution in [0.4, 0.5) is 0 Å². The van der Waals surface area contributed by atoms with Crippen molar-refractivity contribution in [3.05, 3.63) is 4.91 Å². The number of rotatable bonds is 3. The van der Waals surface area contributed by atoms with Gasteiger partial charge in [-0.05, 0) is 0 Å². The Morgan fingerprint density at radius 2 is 2.50 bits per heavy atom. The molecule has 0 saturated carbocycles. The number of aliphatic hydroxyl groups excluding tert-OH is 1. The summed E-state index contributed by atoms with van der Waals surface area (Å²) in [5.41, 5.74) is 0. The molecule has 3 heteroatoms. The van der Waals surface area contributed by atoms with Gasteiger partial charge in [0.1, 0.15) is 6.10 Å². The molecule has 0 saturated heterocycles. The predicted molar refractivity (Wildman–Crippen MR) is 30.1 cm³/mol. The van der Waals surface area contributed by atoms with Gasteiger partial charge in [0.15, 0.2) is 0 Å². The van der Waals surface area contributed by atoms with E-state index in [-0.39, 0.29) is 13.0 Å². The van der Waals surface area contributed by atoms with Crippen LogP contribution in [0.1, 0.15) is 6.42 Å². The molecule has 0 bridgehead atoms. The number of hydrogen-bond donors (Lipinski definition) is 1. The van der Waals surface area contributed by atoms with E-state index in [0.29, 0.717) is 0 Å². The summed E-state index contributed by atoms with van der Waals surface area (Å²) in [5.74, 6) is 2.06. The van der Waals surface area contributed by atoms with Crippen LogP contribution < -0.4 is 0 Å². The Bertz CT molecular complexity index is 105. The topological polar surface area (TPSA) is 49.7 Å². The highest BCUT2D eigenvalue weighted by Crippen LogP contribution is 1.87. The number of hydrogen-bond acceptors (Lipinski definition) is 3. The van der Waals surface area contributed by atoms with Crippen molar-refractivity contribution in [2.24, 2.45) is 5.18 Å². The van der Waals surface area contributed by atoms with Gasteiger partial charge in [0.05, 0.1) is 6.54 Å². The van der Waals surface area contributed by atoms with Crippen LogP contribution in [0.2, 0.25) is 0 Å². The van der Waals surface area contributed by atoms with Gasteiger partial charge in [0.25, 0.3) is 0 Å². The zero-order chi connectivity index (χ0) is 6.41. The third kappa shape index (κ3) is 3.32. The summed E-state index contributed by atoms with van der Waals surface area (Å²) in [5, 5.41) is 11.1. The molecule has 0 aliphatic rings. The highest BCUT2D eigenvalue weighted by atomic mass is 16.3. The largest absolute Gasteiger partial charge is 0.380 e. The lowest BCUT2D eigenvalue weighted by atomic mass is 10.3. The SMILES string of the molecule is C#CC(O)CCN=O. The quantitative estimate of drug-likeness (QED) is 0.418. The molecular formula is C5H7NO2. The normalized spacial score (nSPS) is 12.0. The first-order chi connectivity index (χ1) is 3.81. The van der Waals surface area contributed by atoms with Gasteiger partial charge in [-0.15, -0.1) is 6.42 Å². The highest BCUT2D eigenvalue weighted by Gasteiger charge is 1.95. The standard InChI is InChI=1S/C5H7NO2/c1-2-5(7)3-4-6-8/h1,5,7H,3-4H2. The molecule has 1 N–H and O–H groups in total. The first kappa shape index (κ1) is 7.12. The maximum Gasteiger partial charge on any atom is 0.116 e. The molecule has 0 aromatic heterocycles. The predicted octanol–water partition coefficient (Wildman–Crippen LogP) is 0.137. The molecule has 44 valence electrons. The summed E-state index contributed by atoms with van der Waals surface area (Å²) in [6.45, 7) is 0.0887. The van der Waals surface area contributed by atoms with Gasteiger partial charge in [-0.1, -0.05) is 11.1 Å². The minimum atomic E-state index is -0.812. The summed E-state index contributed by atoms with van der Waals surface area (Å²) in [6.07, 6.45) is 4.22. The van der Waals surface area contributed by atoms with Crippen molar-refractivity contribution in [1.82, 2.24) is 0 Å². The third-order valence-corrected chi connectivity index (χ3v) is 0.686. The monoisotopic (exact) mass is 113 g/mol. The number of aliphatic hydroxyl groups is 1. The summed E-state index contributed by atoms with van der Waals surface area (Å²) >= 11 is 0. The van der Waals surface area contributed by atoms with Crippen molar-refractivity contribution in [2.45, 2.75) is 12.5 Å². The fourth-order valence-corrected chi connectivity index (χ4v) is 0.258.